The van der Waals surface area contributed by atoms with Gasteiger partial charge in [0.25, 0.3) is 0 Å². The van der Waals surface area contributed by atoms with Crippen LogP contribution < -0.4 is 0 Å². The highest BCUT2D eigenvalue weighted by Gasteiger charge is 2.22. The van der Waals surface area contributed by atoms with Crippen molar-refractivity contribution in [3.05, 3.63) is 83.6 Å². The van der Waals surface area contributed by atoms with E-state index in [-0.39, 0.29) is 0 Å². The molecule has 2 heterocycles. The molecule has 1 aliphatic carbocycles. The average molecular weight is 457 g/mol. The van der Waals surface area contributed by atoms with Gasteiger partial charge >= 0.3 is 0 Å². The first-order valence-corrected chi connectivity index (χ1v) is 12.7. The molecule has 0 amide bonds. The topological polar surface area (TPSA) is 57.4 Å². The second kappa shape index (κ2) is 7.54. The highest BCUT2D eigenvalue weighted by molar-refractivity contribution is 6.23. The molecule has 0 bridgehead atoms. The number of aromatic amines is 2. The molecule has 0 radical (unpaired) electrons. The quantitative estimate of drug-likeness (QED) is 0.268. The van der Waals surface area contributed by atoms with Gasteiger partial charge in [0.2, 0.25) is 0 Å². The lowest BCUT2D eigenvalue weighted by molar-refractivity contribution is 0.787. The largest absolute Gasteiger partial charge is 0.342 e. The molecule has 0 atom stereocenters. The molecule has 0 spiro atoms. The Kier molecular flexibility index (Phi) is 4.41. The van der Waals surface area contributed by atoms with Gasteiger partial charge in [-0.05, 0) is 46.4 Å². The molecule has 0 saturated heterocycles. The standard InChI is InChI=1S/C31H28N4/c1-4-27-33-29-23-8-6-5-7-22(23)25-16-19(10-13-24(25)30(29)34-27)18-9-12-21-20(15-18)11-14-26-28(21)35-31(32-26)17(2)3/h5-10,12-13,15-17H,4,11,14H2,1-3H3,(H,32,35)(H,33,34). The van der Waals surface area contributed by atoms with Gasteiger partial charge in [0.15, 0.2) is 0 Å². The van der Waals surface area contributed by atoms with E-state index in [1.807, 2.05) is 0 Å². The van der Waals surface area contributed by atoms with Crippen molar-refractivity contribution in [1.29, 1.82) is 0 Å². The maximum atomic E-state index is 4.91. The lowest BCUT2D eigenvalue weighted by Gasteiger charge is -2.17. The summed E-state index contributed by atoms with van der Waals surface area (Å²) >= 11 is 0. The fraction of sp³-hybridized carbons (Fsp3) is 0.226. The number of fused-ring (bicyclic) bond motifs is 9. The molecule has 0 fully saturated rings. The molecule has 172 valence electrons. The SMILES string of the molecule is CCc1nc2c3ccccc3c3cc(-c4ccc5c(c4)CCc4nc(C(C)C)[nH]c4-5)ccc3c2[nH]1. The third kappa shape index (κ3) is 3.06. The molecule has 1 aliphatic rings. The Hall–Kier alpha value is -3.92. The molecule has 4 heteroatoms. The van der Waals surface area contributed by atoms with Crippen LogP contribution >= 0.6 is 0 Å². The van der Waals surface area contributed by atoms with Crippen LogP contribution in [0.15, 0.2) is 60.7 Å². The van der Waals surface area contributed by atoms with Gasteiger partial charge in [-0.25, -0.2) is 9.97 Å². The van der Waals surface area contributed by atoms with Crippen molar-refractivity contribution in [3.8, 4) is 22.4 Å². The van der Waals surface area contributed by atoms with E-state index >= 15 is 0 Å². The van der Waals surface area contributed by atoms with Crippen LogP contribution in [-0.4, -0.2) is 19.9 Å². The van der Waals surface area contributed by atoms with Crippen LogP contribution in [-0.2, 0) is 19.3 Å². The number of nitrogens with zero attached hydrogens (tertiary/aromatic N) is 2. The van der Waals surface area contributed by atoms with Gasteiger partial charge in [-0.2, -0.15) is 0 Å². The summed E-state index contributed by atoms with van der Waals surface area (Å²) in [5.74, 6) is 2.53. The van der Waals surface area contributed by atoms with Gasteiger partial charge in [0, 0.05) is 28.7 Å². The number of rotatable bonds is 3. The monoisotopic (exact) mass is 456 g/mol. The third-order valence-corrected chi connectivity index (χ3v) is 7.53. The molecule has 2 N–H and O–H groups in total. The van der Waals surface area contributed by atoms with Crippen LogP contribution in [0.5, 0.6) is 0 Å². The minimum absolute atomic E-state index is 0.408. The van der Waals surface area contributed by atoms with E-state index in [2.05, 4.69) is 91.4 Å². The number of hydrogen-bond acceptors (Lipinski definition) is 2. The van der Waals surface area contributed by atoms with Crippen LogP contribution in [0.3, 0.4) is 0 Å². The number of imidazole rings is 2. The highest BCUT2D eigenvalue weighted by atomic mass is 14.9. The molecule has 35 heavy (non-hydrogen) atoms. The number of aryl methyl sites for hydroxylation is 3. The fourth-order valence-corrected chi connectivity index (χ4v) is 5.65. The van der Waals surface area contributed by atoms with Crippen LogP contribution in [0.25, 0.3) is 55.0 Å². The van der Waals surface area contributed by atoms with E-state index < -0.39 is 0 Å². The smallest absolute Gasteiger partial charge is 0.109 e. The Labute approximate surface area is 204 Å². The van der Waals surface area contributed by atoms with Gasteiger partial charge in [-0.15, -0.1) is 0 Å². The summed E-state index contributed by atoms with van der Waals surface area (Å²) in [6, 6.07) is 22.4. The van der Waals surface area contributed by atoms with Gasteiger partial charge in [0.05, 0.1) is 22.4 Å². The lowest BCUT2D eigenvalue weighted by atomic mass is 9.89. The van der Waals surface area contributed by atoms with Crippen molar-refractivity contribution in [2.24, 2.45) is 0 Å². The van der Waals surface area contributed by atoms with Gasteiger partial charge < -0.3 is 9.97 Å². The molecule has 0 aliphatic heterocycles. The Morgan fingerprint density at radius 2 is 1.60 bits per heavy atom. The molecular weight excluding hydrogens is 428 g/mol. The van der Waals surface area contributed by atoms with Crippen LogP contribution in [0.4, 0.5) is 0 Å². The molecule has 7 rings (SSSR count). The second-order valence-electron chi connectivity index (χ2n) is 10.0. The number of benzene rings is 4. The summed E-state index contributed by atoms with van der Waals surface area (Å²) in [6.45, 7) is 6.53. The molecule has 4 aromatic carbocycles. The van der Waals surface area contributed by atoms with E-state index in [1.54, 1.807) is 0 Å². The Balaban J connectivity index is 1.40. The molecule has 2 aromatic heterocycles. The molecule has 6 aromatic rings. The molecule has 0 saturated carbocycles. The summed E-state index contributed by atoms with van der Waals surface area (Å²) in [7, 11) is 0. The van der Waals surface area contributed by atoms with E-state index in [0.717, 1.165) is 41.9 Å². The third-order valence-electron chi connectivity index (χ3n) is 7.53. The van der Waals surface area contributed by atoms with E-state index in [4.69, 9.17) is 9.97 Å². The minimum atomic E-state index is 0.408. The predicted octanol–water partition coefficient (Wildman–Crippen LogP) is 7.71. The predicted molar refractivity (Wildman–Crippen MR) is 145 cm³/mol. The van der Waals surface area contributed by atoms with Crippen molar-refractivity contribution in [2.45, 2.75) is 46.0 Å². The lowest BCUT2D eigenvalue weighted by Crippen LogP contribution is -2.03. The normalized spacial score (nSPS) is 13.1. The number of hydrogen-bond donors (Lipinski definition) is 2. The minimum Gasteiger partial charge on any atom is -0.342 e. The highest BCUT2D eigenvalue weighted by Crippen LogP contribution is 2.39. The summed E-state index contributed by atoms with van der Waals surface area (Å²) in [5, 5.41) is 4.97. The fourth-order valence-electron chi connectivity index (χ4n) is 5.65. The zero-order valence-corrected chi connectivity index (χ0v) is 20.4. The van der Waals surface area contributed by atoms with Crippen LogP contribution in [0.1, 0.15) is 49.6 Å². The van der Waals surface area contributed by atoms with Crippen molar-refractivity contribution in [1.82, 2.24) is 19.9 Å². The van der Waals surface area contributed by atoms with Crippen molar-refractivity contribution >= 4 is 32.6 Å². The maximum Gasteiger partial charge on any atom is 0.109 e. The van der Waals surface area contributed by atoms with Crippen LogP contribution in [0.2, 0.25) is 0 Å². The summed E-state index contributed by atoms with van der Waals surface area (Å²) in [4.78, 5) is 16.9. The van der Waals surface area contributed by atoms with E-state index in [0.29, 0.717) is 5.92 Å². The van der Waals surface area contributed by atoms with Gasteiger partial charge in [-0.3, -0.25) is 0 Å². The van der Waals surface area contributed by atoms with Crippen molar-refractivity contribution in [2.75, 3.05) is 0 Å². The Morgan fingerprint density at radius 1 is 0.800 bits per heavy atom. The van der Waals surface area contributed by atoms with E-state index in [9.17, 15) is 0 Å². The zero-order chi connectivity index (χ0) is 23.7. The van der Waals surface area contributed by atoms with Crippen molar-refractivity contribution in [3.63, 3.8) is 0 Å². The van der Waals surface area contributed by atoms with Crippen LogP contribution in [0, 0.1) is 0 Å². The molecule has 0 unspecified atom stereocenters. The molecule has 4 nitrogen and oxygen atoms in total. The number of H-pyrrole nitrogens is 2. The summed E-state index contributed by atoms with van der Waals surface area (Å²) in [6.07, 6.45) is 2.92. The van der Waals surface area contributed by atoms with Gasteiger partial charge in [0.1, 0.15) is 11.6 Å². The Bertz CT molecular complexity index is 1770. The van der Waals surface area contributed by atoms with Crippen molar-refractivity contribution < 1.29 is 0 Å². The maximum absolute atomic E-state index is 4.91. The first-order valence-electron chi connectivity index (χ1n) is 12.7. The first-order chi connectivity index (χ1) is 17.1. The Morgan fingerprint density at radius 3 is 2.43 bits per heavy atom. The molecular formula is C31H28N4. The number of nitrogens with one attached hydrogen (secondary N) is 2. The second-order valence-corrected chi connectivity index (χ2v) is 10.0. The summed E-state index contributed by atoms with van der Waals surface area (Å²) < 4.78 is 0. The average Bonchev–Trinajstić information content (AvgIpc) is 3.53. The first kappa shape index (κ1) is 20.5. The summed E-state index contributed by atoms with van der Waals surface area (Å²) in [5.41, 5.74) is 9.84. The number of aromatic nitrogens is 4. The van der Waals surface area contributed by atoms with E-state index in [1.165, 1.54) is 55.2 Å². The zero-order valence-electron chi connectivity index (χ0n) is 20.4. The van der Waals surface area contributed by atoms with Gasteiger partial charge in [-0.1, -0.05) is 75.4 Å².